The summed E-state index contributed by atoms with van der Waals surface area (Å²) in [6.45, 7) is 4.96. The van der Waals surface area contributed by atoms with Crippen LogP contribution < -0.4 is 0 Å². The number of nitrogens with zero attached hydrogens (tertiary/aromatic N) is 2. The minimum absolute atomic E-state index is 0.0464. The maximum atomic E-state index is 12.8. The number of likely N-dealkylation sites (tertiary alicyclic amines) is 1. The molecule has 1 saturated heterocycles. The lowest BCUT2D eigenvalue weighted by Crippen LogP contribution is -2.41. The van der Waals surface area contributed by atoms with E-state index in [4.69, 9.17) is 4.74 Å². The first-order chi connectivity index (χ1) is 11.3. The number of ether oxygens (including phenoxy) is 1. The lowest BCUT2D eigenvalue weighted by Gasteiger charge is -2.28. The molecule has 0 aliphatic carbocycles. The van der Waals surface area contributed by atoms with E-state index in [-0.39, 0.29) is 18.1 Å². The Hall–Kier alpha value is -1.98. The maximum absolute atomic E-state index is 12.8. The maximum Gasteiger partial charge on any atom is 0.264 e. The molecule has 120 valence electrons. The minimum Gasteiger partial charge on any atom is -0.372 e. The van der Waals surface area contributed by atoms with Gasteiger partial charge in [0.1, 0.15) is 0 Å². The topological polar surface area (TPSA) is 42.4 Å². The lowest BCUT2D eigenvalue weighted by atomic mass is 10.0. The zero-order valence-electron chi connectivity index (χ0n) is 12.9. The molecule has 0 N–H and O–H groups in total. The van der Waals surface area contributed by atoms with E-state index in [9.17, 15) is 4.79 Å². The van der Waals surface area contributed by atoms with Crippen LogP contribution in [-0.2, 0) is 11.2 Å². The van der Waals surface area contributed by atoms with Crippen LogP contribution in [0.1, 0.15) is 21.7 Å². The molecule has 0 unspecified atom stereocenters. The van der Waals surface area contributed by atoms with Crippen molar-refractivity contribution >= 4 is 17.2 Å². The summed E-state index contributed by atoms with van der Waals surface area (Å²) in [7, 11) is 0. The van der Waals surface area contributed by atoms with Crippen molar-refractivity contribution in [1.82, 2.24) is 9.88 Å². The van der Waals surface area contributed by atoms with Gasteiger partial charge in [-0.05, 0) is 42.0 Å². The fraction of sp³-hybridized carbons (Fsp3) is 0.333. The molecule has 3 rings (SSSR count). The Balaban J connectivity index is 1.79. The molecule has 5 heteroatoms. The van der Waals surface area contributed by atoms with Crippen LogP contribution in [-0.4, -0.2) is 41.1 Å². The molecule has 1 fully saturated rings. The van der Waals surface area contributed by atoms with Crippen LogP contribution in [0.4, 0.5) is 0 Å². The summed E-state index contributed by atoms with van der Waals surface area (Å²) < 4.78 is 5.91. The number of thiophene rings is 1. The second-order valence-corrected chi connectivity index (χ2v) is 6.50. The molecule has 2 atom stereocenters. The van der Waals surface area contributed by atoms with Crippen molar-refractivity contribution in [1.29, 1.82) is 0 Å². The molecule has 0 aromatic carbocycles. The Kier molecular flexibility index (Phi) is 5.20. The zero-order valence-corrected chi connectivity index (χ0v) is 13.7. The Labute approximate surface area is 140 Å². The van der Waals surface area contributed by atoms with E-state index in [2.05, 4.69) is 11.6 Å². The molecular weight excluding hydrogens is 308 g/mol. The lowest BCUT2D eigenvalue weighted by molar-refractivity contribution is 0.0382. The summed E-state index contributed by atoms with van der Waals surface area (Å²) in [4.78, 5) is 19.6. The summed E-state index contributed by atoms with van der Waals surface area (Å²) in [5, 5.41) is 1.94. The molecule has 2 aromatic rings. The van der Waals surface area contributed by atoms with Crippen LogP contribution in [0, 0.1) is 0 Å². The van der Waals surface area contributed by atoms with Gasteiger partial charge >= 0.3 is 0 Å². The van der Waals surface area contributed by atoms with E-state index >= 15 is 0 Å². The molecule has 1 aliphatic heterocycles. The van der Waals surface area contributed by atoms with E-state index in [1.165, 1.54) is 16.9 Å². The van der Waals surface area contributed by atoms with Crippen molar-refractivity contribution in [2.24, 2.45) is 0 Å². The number of hydrogen-bond acceptors (Lipinski definition) is 4. The number of amides is 1. The van der Waals surface area contributed by atoms with Gasteiger partial charge in [-0.1, -0.05) is 12.1 Å². The van der Waals surface area contributed by atoms with E-state index in [1.54, 1.807) is 18.5 Å². The third kappa shape index (κ3) is 3.68. The van der Waals surface area contributed by atoms with E-state index in [0.717, 1.165) is 24.3 Å². The Morgan fingerprint density at radius 2 is 2.26 bits per heavy atom. The third-order valence-electron chi connectivity index (χ3n) is 4.10. The first-order valence-electron chi connectivity index (χ1n) is 7.75. The zero-order chi connectivity index (χ0) is 16.1. The van der Waals surface area contributed by atoms with Crippen LogP contribution >= 0.6 is 11.3 Å². The Morgan fingerprint density at radius 1 is 1.43 bits per heavy atom. The van der Waals surface area contributed by atoms with E-state index < -0.39 is 0 Å². The average Bonchev–Trinajstić information content (AvgIpc) is 3.24. The van der Waals surface area contributed by atoms with Crippen LogP contribution in [0.15, 0.2) is 54.7 Å². The van der Waals surface area contributed by atoms with Crippen molar-refractivity contribution in [3.8, 4) is 0 Å². The van der Waals surface area contributed by atoms with Crippen molar-refractivity contribution < 1.29 is 9.53 Å². The second-order valence-electron chi connectivity index (χ2n) is 5.55. The largest absolute Gasteiger partial charge is 0.372 e. The van der Waals surface area contributed by atoms with Crippen LogP contribution in [0.3, 0.4) is 0 Å². The van der Waals surface area contributed by atoms with Crippen LogP contribution in [0.5, 0.6) is 0 Å². The number of hydrogen-bond donors (Lipinski definition) is 0. The molecule has 1 aliphatic rings. The fourth-order valence-corrected chi connectivity index (χ4v) is 3.69. The standard InChI is InChI=1S/C18H20N2O2S/c1-2-11-22-16-7-10-20(18(21)17-4-3-12-23-17)15(16)13-14-5-8-19-9-6-14/h2-6,8-9,12,15-16H,1,7,10-11,13H2/t15-,16-/m0/s1. The third-order valence-corrected chi connectivity index (χ3v) is 4.96. The first-order valence-corrected chi connectivity index (χ1v) is 8.63. The van der Waals surface area contributed by atoms with Crippen molar-refractivity contribution in [3.63, 3.8) is 0 Å². The average molecular weight is 328 g/mol. The molecule has 0 bridgehead atoms. The van der Waals surface area contributed by atoms with Gasteiger partial charge in [-0.2, -0.15) is 0 Å². The summed E-state index contributed by atoms with van der Waals surface area (Å²) in [6.07, 6.45) is 7.02. The molecule has 23 heavy (non-hydrogen) atoms. The molecule has 0 saturated carbocycles. The normalized spacial score (nSPS) is 20.6. The highest BCUT2D eigenvalue weighted by Crippen LogP contribution is 2.27. The molecule has 1 amide bonds. The van der Waals surface area contributed by atoms with Crippen molar-refractivity contribution in [2.45, 2.75) is 25.0 Å². The van der Waals surface area contributed by atoms with Gasteiger partial charge in [-0.3, -0.25) is 9.78 Å². The highest BCUT2D eigenvalue weighted by Gasteiger charge is 2.38. The smallest absolute Gasteiger partial charge is 0.264 e. The van der Waals surface area contributed by atoms with Crippen LogP contribution in [0.2, 0.25) is 0 Å². The molecule has 2 aromatic heterocycles. The predicted molar refractivity (Wildman–Crippen MR) is 91.6 cm³/mol. The van der Waals surface area contributed by atoms with E-state index in [1.807, 2.05) is 34.5 Å². The van der Waals surface area contributed by atoms with Crippen LogP contribution in [0.25, 0.3) is 0 Å². The van der Waals surface area contributed by atoms with Gasteiger partial charge in [0, 0.05) is 18.9 Å². The van der Waals surface area contributed by atoms with Gasteiger partial charge in [0.2, 0.25) is 0 Å². The minimum atomic E-state index is 0.0464. The summed E-state index contributed by atoms with van der Waals surface area (Å²) in [5.74, 6) is 0.101. The van der Waals surface area contributed by atoms with E-state index in [0.29, 0.717) is 6.61 Å². The van der Waals surface area contributed by atoms with Gasteiger partial charge < -0.3 is 9.64 Å². The summed E-state index contributed by atoms with van der Waals surface area (Å²) in [5.41, 5.74) is 1.17. The number of aromatic nitrogens is 1. The van der Waals surface area contributed by atoms with Crippen molar-refractivity contribution in [2.75, 3.05) is 13.2 Å². The van der Waals surface area contributed by atoms with Gasteiger partial charge in [0.25, 0.3) is 5.91 Å². The summed E-state index contributed by atoms with van der Waals surface area (Å²) >= 11 is 1.49. The number of rotatable bonds is 6. The molecule has 0 spiro atoms. The molecule has 4 nitrogen and oxygen atoms in total. The molecule has 0 radical (unpaired) electrons. The van der Waals surface area contributed by atoms with Gasteiger partial charge in [0.05, 0.1) is 23.6 Å². The van der Waals surface area contributed by atoms with Gasteiger partial charge in [0.15, 0.2) is 0 Å². The highest BCUT2D eigenvalue weighted by molar-refractivity contribution is 7.12. The van der Waals surface area contributed by atoms with Gasteiger partial charge in [-0.15, -0.1) is 17.9 Å². The number of carbonyl (C=O) groups is 1. The Morgan fingerprint density at radius 3 is 2.96 bits per heavy atom. The second kappa shape index (κ2) is 7.53. The SMILES string of the molecule is C=CCO[C@H]1CCN(C(=O)c2cccs2)[C@H]1Cc1ccncc1. The highest BCUT2D eigenvalue weighted by atomic mass is 32.1. The number of pyridine rings is 1. The summed E-state index contributed by atoms with van der Waals surface area (Å²) in [6, 6.07) is 7.84. The predicted octanol–water partition coefficient (Wildman–Crippen LogP) is 3.17. The molecular formula is C18H20N2O2S. The number of carbonyl (C=O) groups excluding carboxylic acids is 1. The molecule has 3 heterocycles. The fourth-order valence-electron chi connectivity index (χ4n) is 3.01. The quantitative estimate of drug-likeness (QED) is 0.765. The van der Waals surface area contributed by atoms with Crippen molar-refractivity contribution in [3.05, 3.63) is 65.1 Å². The Bertz CT molecular complexity index is 642. The first kappa shape index (κ1) is 15.9. The monoisotopic (exact) mass is 328 g/mol. The van der Waals surface area contributed by atoms with Gasteiger partial charge in [-0.25, -0.2) is 0 Å².